The van der Waals surface area contributed by atoms with Gasteiger partial charge in [0.2, 0.25) is 0 Å². The van der Waals surface area contributed by atoms with Crippen LogP contribution >= 0.6 is 11.6 Å². The summed E-state index contributed by atoms with van der Waals surface area (Å²) in [4.78, 5) is 16.6. The molecule has 0 aliphatic heterocycles. The number of carbonyl (C=O) groups is 1. The molecule has 4 rings (SSSR count). The van der Waals surface area contributed by atoms with Crippen LogP contribution in [0.1, 0.15) is 0 Å². The van der Waals surface area contributed by atoms with Crippen LogP contribution in [0.2, 0.25) is 5.02 Å². The summed E-state index contributed by atoms with van der Waals surface area (Å²) in [6.45, 7) is -0.132. The van der Waals surface area contributed by atoms with E-state index in [1.165, 1.54) is 0 Å². The molecule has 1 amide bonds. The Morgan fingerprint density at radius 2 is 1.67 bits per heavy atom. The number of halogens is 1. The van der Waals surface area contributed by atoms with Gasteiger partial charge in [0, 0.05) is 28.4 Å². The zero-order chi connectivity index (χ0) is 23.2. The number of methoxy groups -OCH3 is 2. The fourth-order valence-corrected chi connectivity index (χ4v) is 3.35. The monoisotopic (exact) mass is 464 g/mol. The minimum atomic E-state index is -0.287. The summed E-state index contributed by atoms with van der Waals surface area (Å²) in [5, 5.41) is 4.11. The van der Waals surface area contributed by atoms with Gasteiger partial charge in [-0.3, -0.25) is 9.78 Å². The molecule has 1 heterocycles. The van der Waals surface area contributed by atoms with Crippen LogP contribution in [0, 0.1) is 0 Å². The van der Waals surface area contributed by atoms with Crippen LogP contribution in [-0.2, 0) is 4.79 Å². The van der Waals surface area contributed by atoms with E-state index in [1.54, 1.807) is 81.1 Å². The minimum absolute atomic E-state index is 0.132. The number of ether oxygens (including phenoxy) is 4. The maximum absolute atomic E-state index is 12.2. The number of rotatable bonds is 8. The van der Waals surface area contributed by atoms with Gasteiger partial charge in [0.05, 0.1) is 19.7 Å². The smallest absolute Gasteiger partial charge is 0.262 e. The van der Waals surface area contributed by atoms with E-state index in [2.05, 4.69) is 10.3 Å². The van der Waals surface area contributed by atoms with Crippen molar-refractivity contribution < 1.29 is 23.7 Å². The Labute approximate surface area is 195 Å². The van der Waals surface area contributed by atoms with Crippen LogP contribution in [0.4, 0.5) is 5.69 Å². The second-order valence-electron chi connectivity index (χ2n) is 6.95. The average Bonchev–Trinajstić information content (AvgIpc) is 2.83. The molecule has 7 nitrogen and oxygen atoms in total. The van der Waals surface area contributed by atoms with Crippen molar-refractivity contribution in [2.75, 3.05) is 26.1 Å². The van der Waals surface area contributed by atoms with E-state index in [1.807, 2.05) is 6.07 Å². The summed E-state index contributed by atoms with van der Waals surface area (Å²) in [6.07, 6.45) is 1.66. The SMILES string of the molecule is COc1cc2nccc(Oc3ccc(NC(=O)COc4cccc(Cl)c4)cc3)c2cc1OC. The number of hydrogen-bond acceptors (Lipinski definition) is 6. The molecule has 168 valence electrons. The number of benzene rings is 3. The predicted octanol–water partition coefficient (Wildman–Crippen LogP) is 5.72. The second kappa shape index (κ2) is 10.1. The lowest BCUT2D eigenvalue weighted by Gasteiger charge is -2.13. The lowest BCUT2D eigenvalue weighted by atomic mass is 10.2. The number of fused-ring (bicyclic) bond motifs is 1. The van der Waals surface area contributed by atoms with Crippen LogP contribution < -0.4 is 24.3 Å². The van der Waals surface area contributed by atoms with E-state index < -0.39 is 0 Å². The van der Waals surface area contributed by atoms with Crippen molar-refractivity contribution in [1.82, 2.24) is 4.98 Å². The van der Waals surface area contributed by atoms with Crippen LogP contribution in [-0.4, -0.2) is 31.7 Å². The molecule has 4 aromatic rings. The zero-order valence-corrected chi connectivity index (χ0v) is 18.8. The first-order valence-corrected chi connectivity index (χ1v) is 10.4. The molecule has 0 spiro atoms. The molecular weight excluding hydrogens is 444 g/mol. The third kappa shape index (κ3) is 5.45. The number of hydrogen-bond donors (Lipinski definition) is 1. The molecule has 0 fully saturated rings. The summed E-state index contributed by atoms with van der Waals surface area (Å²) in [5.74, 6) is 2.64. The molecule has 0 atom stereocenters. The van der Waals surface area contributed by atoms with Crippen LogP contribution in [0.3, 0.4) is 0 Å². The molecule has 0 aliphatic carbocycles. The van der Waals surface area contributed by atoms with Crippen molar-refractivity contribution >= 4 is 34.1 Å². The number of aromatic nitrogens is 1. The maximum Gasteiger partial charge on any atom is 0.262 e. The molecule has 3 aromatic carbocycles. The van der Waals surface area contributed by atoms with Crippen LogP contribution in [0.5, 0.6) is 28.7 Å². The second-order valence-corrected chi connectivity index (χ2v) is 7.39. The van der Waals surface area contributed by atoms with E-state index in [9.17, 15) is 4.79 Å². The molecular formula is C25H21ClN2O5. The first-order valence-electron chi connectivity index (χ1n) is 10.0. The third-order valence-corrected chi connectivity index (χ3v) is 4.97. The first-order chi connectivity index (χ1) is 16.1. The van der Waals surface area contributed by atoms with E-state index in [4.69, 9.17) is 30.5 Å². The molecule has 0 saturated heterocycles. The molecule has 1 N–H and O–H groups in total. The summed E-state index contributed by atoms with van der Waals surface area (Å²) in [5.41, 5.74) is 1.33. The van der Waals surface area contributed by atoms with Crippen LogP contribution in [0.15, 0.2) is 72.9 Å². The number of nitrogens with zero attached hydrogens (tertiary/aromatic N) is 1. The molecule has 1 aromatic heterocycles. The highest BCUT2D eigenvalue weighted by atomic mass is 35.5. The Hall–Kier alpha value is -3.97. The molecule has 0 saturated carbocycles. The van der Waals surface area contributed by atoms with Gasteiger partial charge in [0.25, 0.3) is 5.91 Å². The number of amides is 1. The van der Waals surface area contributed by atoms with Crippen molar-refractivity contribution in [2.24, 2.45) is 0 Å². The van der Waals surface area contributed by atoms with E-state index in [0.29, 0.717) is 45.0 Å². The summed E-state index contributed by atoms with van der Waals surface area (Å²) in [7, 11) is 3.15. The van der Waals surface area contributed by atoms with Crippen molar-refractivity contribution in [2.45, 2.75) is 0 Å². The van der Waals surface area contributed by atoms with E-state index in [0.717, 1.165) is 5.39 Å². The third-order valence-electron chi connectivity index (χ3n) is 4.74. The summed E-state index contributed by atoms with van der Waals surface area (Å²) in [6, 6.07) is 19.3. The van der Waals surface area contributed by atoms with Crippen molar-refractivity contribution in [1.29, 1.82) is 0 Å². The Morgan fingerprint density at radius 1 is 0.909 bits per heavy atom. The van der Waals surface area contributed by atoms with Gasteiger partial charge in [0.15, 0.2) is 18.1 Å². The van der Waals surface area contributed by atoms with Crippen LogP contribution in [0.25, 0.3) is 10.9 Å². The van der Waals surface area contributed by atoms with Gasteiger partial charge in [-0.15, -0.1) is 0 Å². The summed E-state index contributed by atoms with van der Waals surface area (Å²) < 4.78 is 22.2. The number of carbonyl (C=O) groups excluding carboxylic acids is 1. The lowest BCUT2D eigenvalue weighted by molar-refractivity contribution is -0.118. The van der Waals surface area contributed by atoms with Gasteiger partial charge in [-0.2, -0.15) is 0 Å². The lowest BCUT2D eigenvalue weighted by Crippen LogP contribution is -2.20. The fraction of sp³-hybridized carbons (Fsp3) is 0.120. The fourth-order valence-electron chi connectivity index (χ4n) is 3.17. The number of pyridine rings is 1. The molecule has 0 aliphatic rings. The molecule has 0 unspecified atom stereocenters. The van der Waals surface area contributed by atoms with Gasteiger partial charge in [0.1, 0.15) is 17.2 Å². The quantitative estimate of drug-likeness (QED) is 0.359. The van der Waals surface area contributed by atoms with E-state index >= 15 is 0 Å². The Balaban J connectivity index is 1.42. The highest BCUT2D eigenvalue weighted by Crippen LogP contribution is 2.37. The highest BCUT2D eigenvalue weighted by Gasteiger charge is 2.11. The molecule has 0 bridgehead atoms. The topological polar surface area (TPSA) is 78.9 Å². The van der Waals surface area contributed by atoms with Crippen molar-refractivity contribution in [3.8, 4) is 28.7 Å². The predicted molar refractivity (Wildman–Crippen MR) is 127 cm³/mol. The van der Waals surface area contributed by atoms with E-state index in [-0.39, 0.29) is 12.5 Å². The van der Waals surface area contributed by atoms with Gasteiger partial charge < -0.3 is 24.3 Å². The molecule has 8 heteroatoms. The highest BCUT2D eigenvalue weighted by molar-refractivity contribution is 6.30. The Morgan fingerprint density at radius 3 is 2.39 bits per heavy atom. The first kappa shape index (κ1) is 22.2. The van der Waals surface area contributed by atoms with Gasteiger partial charge in [-0.25, -0.2) is 0 Å². The minimum Gasteiger partial charge on any atom is -0.493 e. The summed E-state index contributed by atoms with van der Waals surface area (Å²) >= 11 is 5.92. The molecule has 0 radical (unpaired) electrons. The number of anilines is 1. The standard InChI is InChI=1S/C25H21ClN2O5/c1-30-23-13-20-21(14-24(23)31-2)27-11-10-22(20)33-18-8-6-17(7-9-18)28-25(29)15-32-19-5-3-4-16(26)12-19/h3-14H,15H2,1-2H3,(H,28,29). The van der Waals surface area contributed by atoms with Crippen molar-refractivity contribution in [3.05, 3.63) is 77.9 Å². The Kier molecular flexibility index (Phi) is 6.80. The molecule has 33 heavy (non-hydrogen) atoms. The normalized spacial score (nSPS) is 10.5. The van der Waals surface area contributed by atoms with Crippen molar-refractivity contribution in [3.63, 3.8) is 0 Å². The van der Waals surface area contributed by atoms with Gasteiger partial charge in [-0.05, 0) is 54.6 Å². The largest absolute Gasteiger partial charge is 0.493 e. The average molecular weight is 465 g/mol. The number of nitrogens with one attached hydrogen (secondary N) is 1. The zero-order valence-electron chi connectivity index (χ0n) is 18.0. The van der Waals surface area contributed by atoms with Gasteiger partial charge in [-0.1, -0.05) is 17.7 Å². The Bertz CT molecular complexity index is 1280. The maximum atomic E-state index is 12.2. The van der Waals surface area contributed by atoms with Gasteiger partial charge >= 0.3 is 0 Å².